The van der Waals surface area contributed by atoms with Gasteiger partial charge < -0.3 is 19.9 Å². The Kier molecular flexibility index (Phi) is 9.51. The molecule has 5 rings (SSSR count). The van der Waals surface area contributed by atoms with Gasteiger partial charge in [0.25, 0.3) is 17.6 Å². The number of hydrogen-bond acceptors (Lipinski definition) is 6. The minimum atomic E-state index is -1.06. The fraction of sp³-hybridized carbons (Fsp3) is 0.243. The van der Waals surface area contributed by atoms with Crippen LogP contribution in [0, 0.1) is 0 Å². The highest BCUT2D eigenvalue weighted by Crippen LogP contribution is 2.31. The van der Waals surface area contributed by atoms with Gasteiger partial charge in [-0.25, -0.2) is 0 Å². The first-order valence-electron chi connectivity index (χ1n) is 15.1. The summed E-state index contributed by atoms with van der Waals surface area (Å²) < 4.78 is 5.32. The van der Waals surface area contributed by atoms with Crippen molar-refractivity contribution in [2.75, 3.05) is 42.9 Å². The van der Waals surface area contributed by atoms with E-state index >= 15 is 0 Å². The van der Waals surface area contributed by atoms with Crippen molar-refractivity contribution in [1.82, 2.24) is 4.90 Å². The molecule has 1 unspecified atom stereocenters. The highest BCUT2D eigenvalue weighted by Gasteiger charge is 2.39. The quantitative estimate of drug-likeness (QED) is 0.213. The minimum Gasteiger partial charge on any atom is -0.497 e. The molecule has 1 aliphatic heterocycles. The van der Waals surface area contributed by atoms with Crippen LogP contribution in [0.2, 0.25) is 0 Å². The van der Waals surface area contributed by atoms with Gasteiger partial charge in [-0.15, -0.1) is 0 Å². The van der Waals surface area contributed by atoms with E-state index in [1.807, 2.05) is 79.7 Å². The van der Waals surface area contributed by atoms with Gasteiger partial charge in [-0.2, -0.15) is 0 Å². The van der Waals surface area contributed by atoms with Crippen molar-refractivity contribution in [2.45, 2.75) is 32.4 Å². The van der Waals surface area contributed by atoms with E-state index < -0.39 is 36.1 Å². The predicted molar refractivity (Wildman–Crippen MR) is 179 cm³/mol. The van der Waals surface area contributed by atoms with Crippen LogP contribution in [-0.2, 0) is 20.9 Å². The van der Waals surface area contributed by atoms with Gasteiger partial charge in [0.05, 0.1) is 18.4 Å². The summed E-state index contributed by atoms with van der Waals surface area (Å²) in [6.45, 7) is 3.82. The molecule has 9 heteroatoms. The summed E-state index contributed by atoms with van der Waals surface area (Å²) in [7, 11) is 5.44. The molecule has 9 nitrogen and oxygen atoms in total. The van der Waals surface area contributed by atoms with E-state index in [2.05, 4.69) is 19.2 Å². The monoisotopic (exact) mass is 618 g/mol. The SMILES string of the molecule is COc1ccc(CN(C(=O)CN2C(=O)C(=O)c3ccccc32)C(C(=O)Nc2ccc(N(C)C)cc2)c2ccc(C(C)C)cc2)cc1. The number of rotatable bonds is 11. The number of carbonyl (C=O) groups is 4. The number of amides is 3. The van der Waals surface area contributed by atoms with Gasteiger partial charge in [-0.1, -0.05) is 62.4 Å². The van der Waals surface area contributed by atoms with Crippen molar-refractivity contribution in [3.05, 3.63) is 119 Å². The molecule has 3 amide bonds. The van der Waals surface area contributed by atoms with Gasteiger partial charge in [0.15, 0.2) is 0 Å². The first-order chi connectivity index (χ1) is 22.1. The number of para-hydroxylation sites is 1. The van der Waals surface area contributed by atoms with Gasteiger partial charge in [-0.05, 0) is 71.1 Å². The number of ketones is 1. The summed E-state index contributed by atoms with van der Waals surface area (Å²) in [6, 6.07) is 27.8. The van der Waals surface area contributed by atoms with Crippen LogP contribution in [0.4, 0.5) is 17.1 Å². The summed E-state index contributed by atoms with van der Waals surface area (Å²) >= 11 is 0. The van der Waals surface area contributed by atoms with Crippen molar-refractivity contribution in [1.29, 1.82) is 0 Å². The van der Waals surface area contributed by atoms with Crippen molar-refractivity contribution in [3.63, 3.8) is 0 Å². The number of hydrogen-bond donors (Lipinski definition) is 1. The molecular formula is C37H38N4O5. The van der Waals surface area contributed by atoms with Crippen LogP contribution in [0.25, 0.3) is 0 Å². The molecule has 0 fully saturated rings. The molecule has 4 aromatic rings. The lowest BCUT2D eigenvalue weighted by molar-refractivity contribution is -0.139. The Morgan fingerprint density at radius 1 is 0.826 bits per heavy atom. The van der Waals surface area contributed by atoms with Gasteiger partial charge >= 0.3 is 0 Å². The molecule has 1 aliphatic rings. The lowest BCUT2D eigenvalue weighted by atomic mass is 9.97. The molecule has 1 N–H and O–H groups in total. The maximum Gasteiger partial charge on any atom is 0.299 e. The van der Waals surface area contributed by atoms with Crippen molar-refractivity contribution < 1.29 is 23.9 Å². The Labute approximate surface area is 269 Å². The number of benzene rings is 4. The van der Waals surface area contributed by atoms with Crippen LogP contribution in [0.1, 0.15) is 52.9 Å². The minimum absolute atomic E-state index is 0.0596. The molecule has 0 saturated heterocycles. The standard InChI is InChI=1S/C37H38N4O5/c1-24(2)26-12-14-27(15-13-26)34(36(44)38-28-16-18-29(19-17-28)39(3)4)41(22-25-10-20-30(46-5)21-11-25)33(42)23-40-32-9-7-6-8-31(32)35(43)37(40)45/h6-21,24,34H,22-23H2,1-5H3,(H,38,44). The van der Waals surface area contributed by atoms with Gasteiger partial charge in [0, 0.05) is 32.0 Å². The number of anilines is 3. The van der Waals surface area contributed by atoms with E-state index in [-0.39, 0.29) is 18.0 Å². The second kappa shape index (κ2) is 13.7. The first kappa shape index (κ1) is 32.0. The average Bonchev–Trinajstić information content (AvgIpc) is 3.30. The molecule has 0 spiro atoms. The van der Waals surface area contributed by atoms with Crippen LogP contribution >= 0.6 is 0 Å². The number of ether oxygens (including phenoxy) is 1. The van der Waals surface area contributed by atoms with Crippen LogP contribution in [0.5, 0.6) is 5.75 Å². The Hall–Kier alpha value is -5.44. The van der Waals surface area contributed by atoms with E-state index in [0.29, 0.717) is 22.7 Å². The molecule has 46 heavy (non-hydrogen) atoms. The first-order valence-corrected chi connectivity index (χ1v) is 15.1. The van der Waals surface area contributed by atoms with Crippen LogP contribution in [-0.4, -0.2) is 56.2 Å². The van der Waals surface area contributed by atoms with E-state index in [0.717, 1.165) is 16.8 Å². The van der Waals surface area contributed by atoms with E-state index in [9.17, 15) is 19.2 Å². The zero-order chi connectivity index (χ0) is 33.0. The lowest BCUT2D eigenvalue weighted by Gasteiger charge is -2.33. The largest absolute Gasteiger partial charge is 0.497 e. The highest BCUT2D eigenvalue weighted by atomic mass is 16.5. The summed E-state index contributed by atoms with van der Waals surface area (Å²) in [5.41, 5.74) is 4.63. The molecule has 1 atom stereocenters. The smallest absolute Gasteiger partial charge is 0.299 e. The fourth-order valence-corrected chi connectivity index (χ4v) is 5.47. The summed E-state index contributed by atoms with van der Waals surface area (Å²) in [5, 5.41) is 3.00. The average molecular weight is 619 g/mol. The third kappa shape index (κ3) is 6.78. The Bertz CT molecular complexity index is 1730. The van der Waals surface area contributed by atoms with E-state index in [1.54, 1.807) is 43.5 Å². The maximum absolute atomic E-state index is 14.4. The molecule has 1 heterocycles. The van der Waals surface area contributed by atoms with Gasteiger partial charge in [0.2, 0.25) is 5.91 Å². The van der Waals surface area contributed by atoms with Crippen molar-refractivity contribution in [3.8, 4) is 5.75 Å². The topological polar surface area (TPSA) is 99.3 Å². The molecular weight excluding hydrogens is 580 g/mol. The van der Waals surface area contributed by atoms with Crippen LogP contribution in [0.15, 0.2) is 97.1 Å². The number of Topliss-reactive ketones (excluding diaryl/α,β-unsaturated/α-hetero) is 1. The highest BCUT2D eigenvalue weighted by molar-refractivity contribution is 6.52. The fourth-order valence-electron chi connectivity index (χ4n) is 5.47. The number of methoxy groups -OCH3 is 1. The second-order valence-corrected chi connectivity index (χ2v) is 11.8. The van der Waals surface area contributed by atoms with Crippen molar-refractivity contribution >= 4 is 40.6 Å². The summed E-state index contributed by atoms with van der Waals surface area (Å²) in [5.74, 6) is -1.43. The molecule has 0 radical (unpaired) electrons. The molecule has 0 bridgehead atoms. The number of carbonyl (C=O) groups excluding carboxylic acids is 4. The van der Waals surface area contributed by atoms with Crippen LogP contribution < -0.4 is 19.9 Å². The lowest BCUT2D eigenvalue weighted by Crippen LogP contribution is -2.46. The number of fused-ring (bicyclic) bond motifs is 1. The number of nitrogens with one attached hydrogen (secondary N) is 1. The molecule has 0 aromatic heterocycles. The van der Waals surface area contributed by atoms with Crippen LogP contribution in [0.3, 0.4) is 0 Å². The molecule has 0 saturated carbocycles. The second-order valence-electron chi connectivity index (χ2n) is 11.8. The normalized spacial score (nSPS) is 13.0. The predicted octanol–water partition coefficient (Wildman–Crippen LogP) is 5.82. The zero-order valence-electron chi connectivity index (χ0n) is 26.7. The molecule has 0 aliphatic carbocycles. The van der Waals surface area contributed by atoms with E-state index in [4.69, 9.17) is 4.74 Å². The van der Waals surface area contributed by atoms with Crippen molar-refractivity contribution in [2.24, 2.45) is 0 Å². The zero-order valence-corrected chi connectivity index (χ0v) is 26.7. The summed E-state index contributed by atoms with van der Waals surface area (Å²) in [4.78, 5) is 59.0. The Morgan fingerprint density at radius 2 is 1.46 bits per heavy atom. The Morgan fingerprint density at radius 3 is 2.07 bits per heavy atom. The maximum atomic E-state index is 14.4. The number of nitrogens with zero attached hydrogens (tertiary/aromatic N) is 3. The van der Waals surface area contributed by atoms with Gasteiger partial charge in [-0.3, -0.25) is 24.1 Å². The van der Waals surface area contributed by atoms with Gasteiger partial charge in [0.1, 0.15) is 18.3 Å². The molecule has 4 aromatic carbocycles. The third-order valence-electron chi connectivity index (χ3n) is 8.13. The van der Waals surface area contributed by atoms with E-state index in [1.165, 1.54) is 9.80 Å². The third-order valence-corrected chi connectivity index (χ3v) is 8.13. The Balaban J connectivity index is 1.55. The molecule has 236 valence electrons. The summed E-state index contributed by atoms with van der Waals surface area (Å²) in [6.07, 6.45) is 0.